The van der Waals surface area contributed by atoms with Crippen LogP contribution in [-0.2, 0) is 24.6 Å². The largest absolute Gasteiger partial charge is 0.505 e. The molecule has 6 atom stereocenters. The molecule has 0 spiro atoms. The van der Waals surface area contributed by atoms with Crippen molar-refractivity contribution in [3.8, 4) is 11.5 Å². The second-order valence-corrected chi connectivity index (χ2v) is 15.1. The third kappa shape index (κ3) is 5.25. The summed E-state index contributed by atoms with van der Waals surface area (Å²) in [5, 5.41) is 12.1. The van der Waals surface area contributed by atoms with E-state index >= 15 is 9.18 Å². The van der Waals surface area contributed by atoms with Crippen molar-refractivity contribution in [1.82, 2.24) is 5.01 Å². The first-order chi connectivity index (χ1) is 25.4. The van der Waals surface area contributed by atoms with Gasteiger partial charge >= 0.3 is 0 Å². The zero-order valence-electron chi connectivity index (χ0n) is 28.3. The molecule has 2 heterocycles. The van der Waals surface area contributed by atoms with Gasteiger partial charge in [0.1, 0.15) is 5.75 Å². The van der Waals surface area contributed by atoms with Crippen LogP contribution in [0.15, 0.2) is 90.5 Å². The molecule has 6 unspecified atom stereocenters. The molecule has 0 radical (unpaired) electrons. The van der Waals surface area contributed by atoms with E-state index in [2.05, 4.69) is 5.43 Å². The van der Waals surface area contributed by atoms with Crippen LogP contribution in [0.4, 0.5) is 15.8 Å². The van der Waals surface area contributed by atoms with Crippen molar-refractivity contribution in [3.63, 3.8) is 0 Å². The third-order valence-electron chi connectivity index (χ3n) is 11.3. The van der Waals surface area contributed by atoms with Gasteiger partial charge in [0, 0.05) is 16.0 Å². The van der Waals surface area contributed by atoms with E-state index in [9.17, 15) is 19.5 Å². The normalized spacial score (nSPS) is 26.3. The molecular formula is C40H31Cl3FN3O6. The summed E-state index contributed by atoms with van der Waals surface area (Å²) in [5.74, 6) is -7.48. The Kier molecular flexibility index (Phi) is 8.55. The second-order valence-electron chi connectivity index (χ2n) is 13.9. The molecule has 4 aromatic rings. The molecule has 4 aromatic carbocycles. The Bertz CT molecular complexity index is 2280. The van der Waals surface area contributed by atoms with Gasteiger partial charge in [-0.3, -0.25) is 24.6 Å². The number of benzene rings is 4. The van der Waals surface area contributed by atoms with Gasteiger partial charge in [-0.15, -0.1) is 0 Å². The summed E-state index contributed by atoms with van der Waals surface area (Å²) in [4.78, 5) is 59.8. The minimum Gasteiger partial charge on any atom is -0.505 e. The number of anilines is 2. The predicted molar refractivity (Wildman–Crippen MR) is 197 cm³/mol. The number of aromatic hydroxyl groups is 1. The minimum absolute atomic E-state index is 0.0225. The number of phenols is 1. The lowest BCUT2D eigenvalue weighted by Gasteiger charge is -2.50. The van der Waals surface area contributed by atoms with Gasteiger partial charge in [0.15, 0.2) is 11.6 Å². The molecule has 2 aliphatic carbocycles. The number of halogens is 4. The van der Waals surface area contributed by atoms with Crippen molar-refractivity contribution in [2.75, 3.05) is 17.4 Å². The van der Waals surface area contributed by atoms with Gasteiger partial charge in [-0.1, -0.05) is 70.7 Å². The lowest BCUT2D eigenvalue weighted by atomic mass is 9.49. The fraction of sp³-hybridized carbons (Fsp3) is 0.250. The van der Waals surface area contributed by atoms with Gasteiger partial charge in [0.05, 0.1) is 46.7 Å². The predicted octanol–water partition coefficient (Wildman–Crippen LogP) is 8.00. The van der Waals surface area contributed by atoms with Gasteiger partial charge in [0.2, 0.25) is 11.8 Å². The SMILES string of the molecule is COc1ccc(C23C(=O)N(Nc4ccc(Cl)cc4Cl)C(=O)C2CC2C(=CCC4C(=O)N(c5ccc(C)c(Cl)c5)C(=O)C42)C3c2ccc(O)c(F)c2)cc1. The first kappa shape index (κ1) is 35.1. The zero-order valence-corrected chi connectivity index (χ0v) is 30.5. The molecular weight excluding hydrogens is 744 g/mol. The highest BCUT2D eigenvalue weighted by Gasteiger charge is 2.70. The molecule has 9 nitrogen and oxygen atoms in total. The summed E-state index contributed by atoms with van der Waals surface area (Å²) < 4.78 is 20.8. The number of nitrogens with one attached hydrogen (secondary N) is 1. The highest BCUT2D eigenvalue weighted by molar-refractivity contribution is 6.36. The van der Waals surface area contributed by atoms with Crippen LogP contribution in [0, 0.1) is 36.4 Å². The third-order valence-corrected chi connectivity index (χ3v) is 12.3. The number of methoxy groups -OCH3 is 1. The molecule has 2 N–H and O–H groups in total. The van der Waals surface area contributed by atoms with Crippen molar-refractivity contribution in [1.29, 1.82) is 0 Å². The fourth-order valence-electron chi connectivity index (χ4n) is 8.90. The molecule has 2 saturated heterocycles. The number of amides is 4. The Morgan fingerprint density at radius 2 is 1.62 bits per heavy atom. The Labute approximate surface area is 318 Å². The van der Waals surface area contributed by atoms with Crippen molar-refractivity contribution in [3.05, 3.63) is 128 Å². The number of carbonyl (C=O) groups is 4. The van der Waals surface area contributed by atoms with Crippen molar-refractivity contribution >= 4 is 69.8 Å². The number of hydrogen-bond acceptors (Lipinski definition) is 7. The molecule has 270 valence electrons. The first-order valence-corrected chi connectivity index (χ1v) is 18.1. The Morgan fingerprint density at radius 3 is 2.30 bits per heavy atom. The van der Waals surface area contributed by atoms with Crippen LogP contribution in [0.3, 0.4) is 0 Å². The van der Waals surface area contributed by atoms with E-state index in [4.69, 9.17) is 39.5 Å². The minimum atomic E-state index is -1.68. The maximum atomic E-state index is 15.4. The lowest BCUT2D eigenvalue weighted by molar-refractivity contribution is -0.138. The van der Waals surface area contributed by atoms with Gasteiger partial charge < -0.3 is 9.84 Å². The van der Waals surface area contributed by atoms with E-state index in [0.717, 1.165) is 21.5 Å². The highest BCUT2D eigenvalue weighted by Crippen LogP contribution is 2.64. The molecule has 3 fully saturated rings. The van der Waals surface area contributed by atoms with Crippen LogP contribution in [0.5, 0.6) is 11.5 Å². The van der Waals surface area contributed by atoms with E-state index in [1.165, 1.54) is 25.3 Å². The Morgan fingerprint density at radius 1 is 0.868 bits per heavy atom. The number of ether oxygens (including phenoxy) is 1. The second kappa shape index (κ2) is 12.9. The number of imide groups is 2. The van der Waals surface area contributed by atoms with Crippen molar-refractivity contribution < 1.29 is 33.4 Å². The molecule has 13 heteroatoms. The standard InChI is InChI=1S/C40H31Cl3FN3O6/c1-19-3-8-23(17-29(19)42)46-36(49)26-12-11-25-27(34(26)38(46)51)18-28-37(50)47(45-32-13-7-22(41)16-30(32)43)39(52)40(28,21-5-9-24(53-2)10-6-21)35(25)20-4-14-33(48)31(44)15-20/h3-11,13-17,26-28,34-35,45,48H,12,18H2,1-2H3. The summed E-state index contributed by atoms with van der Waals surface area (Å²) in [6.07, 6.45) is 2.06. The average molecular weight is 775 g/mol. The van der Waals surface area contributed by atoms with E-state index in [-0.39, 0.29) is 29.5 Å². The monoisotopic (exact) mass is 773 g/mol. The maximum Gasteiger partial charge on any atom is 0.260 e. The number of rotatable bonds is 6. The lowest BCUT2D eigenvalue weighted by Crippen LogP contribution is -2.53. The summed E-state index contributed by atoms with van der Waals surface area (Å²) in [5.41, 5.74) is 4.01. The number of nitrogens with zero attached hydrogens (tertiary/aromatic N) is 2. The van der Waals surface area contributed by atoms with E-state index < -0.39 is 64.3 Å². The van der Waals surface area contributed by atoms with Crippen LogP contribution < -0.4 is 15.1 Å². The van der Waals surface area contributed by atoms with Crippen molar-refractivity contribution in [2.24, 2.45) is 23.7 Å². The molecule has 2 aliphatic heterocycles. The smallest absolute Gasteiger partial charge is 0.260 e. The van der Waals surface area contributed by atoms with Crippen molar-refractivity contribution in [2.45, 2.75) is 31.1 Å². The van der Waals surface area contributed by atoms with Gasteiger partial charge in [-0.2, -0.15) is 5.01 Å². The summed E-state index contributed by atoms with van der Waals surface area (Å²) in [7, 11) is 1.51. The average Bonchev–Trinajstić information content (AvgIpc) is 3.52. The van der Waals surface area contributed by atoms with Crippen LogP contribution in [0.25, 0.3) is 0 Å². The molecule has 4 amide bonds. The number of phenolic OH excluding ortho intramolecular Hbond substituents is 1. The van der Waals surface area contributed by atoms with Crippen LogP contribution >= 0.6 is 34.8 Å². The number of allylic oxidation sites excluding steroid dienone is 2. The summed E-state index contributed by atoms with van der Waals surface area (Å²) in [6.45, 7) is 1.82. The Hall–Kier alpha value is -4.90. The summed E-state index contributed by atoms with van der Waals surface area (Å²) >= 11 is 19.1. The molecule has 8 rings (SSSR count). The number of hydrazine groups is 1. The first-order valence-electron chi connectivity index (χ1n) is 16.9. The molecule has 1 saturated carbocycles. The number of fused-ring (bicyclic) bond motifs is 4. The zero-order chi connectivity index (χ0) is 37.5. The van der Waals surface area contributed by atoms with Gasteiger partial charge in [0.25, 0.3) is 11.8 Å². The molecule has 0 bridgehead atoms. The van der Waals surface area contributed by atoms with Crippen LogP contribution in [-0.4, -0.2) is 40.9 Å². The fourth-order valence-corrected chi connectivity index (χ4v) is 9.52. The van der Waals surface area contributed by atoms with Gasteiger partial charge in [-0.25, -0.2) is 9.29 Å². The van der Waals surface area contributed by atoms with Gasteiger partial charge in [-0.05, 0) is 97.0 Å². The number of aryl methyl sites for hydroxylation is 1. The van der Waals surface area contributed by atoms with Crippen LogP contribution in [0.1, 0.15) is 35.4 Å². The topological polar surface area (TPSA) is 116 Å². The maximum absolute atomic E-state index is 15.4. The van der Waals surface area contributed by atoms with Crippen LogP contribution in [0.2, 0.25) is 15.1 Å². The molecule has 0 aromatic heterocycles. The quantitative estimate of drug-likeness (QED) is 0.151. The van der Waals surface area contributed by atoms with E-state index in [1.807, 2.05) is 13.0 Å². The Balaban J connectivity index is 1.33. The highest BCUT2D eigenvalue weighted by atomic mass is 35.5. The summed E-state index contributed by atoms with van der Waals surface area (Å²) in [6, 6.07) is 20.2. The van der Waals surface area contributed by atoms with E-state index in [1.54, 1.807) is 54.6 Å². The number of hydrogen-bond donors (Lipinski definition) is 2. The molecule has 53 heavy (non-hydrogen) atoms. The van der Waals surface area contributed by atoms with E-state index in [0.29, 0.717) is 38.2 Å². The number of carbonyl (C=O) groups excluding carboxylic acids is 4. The molecule has 4 aliphatic rings.